The predicted molar refractivity (Wildman–Crippen MR) is 510 cm³/mol. The second kappa shape index (κ2) is 65.2. The smallest absolute Gasteiger partial charge is 0.185 e. The van der Waals surface area contributed by atoms with Gasteiger partial charge in [-0.1, -0.05) is 118 Å². The minimum absolute atomic E-state index is 0.0305. The van der Waals surface area contributed by atoms with Crippen LogP contribution < -0.4 is 17.2 Å². The molecule has 7 N–H and O–H groups in total. The molecule has 131 heavy (non-hydrogen) atoms. The molecular formula is C91H137N29O11. The molecule has 10 rings (SSSR count). The summed E-state index contributed by atoms with van der Waals surface area (Å²) in [7, 11) is 11.7. The third-order valence-corrected chi connectivity index (χ3v) is 18.6. The number of Topliss-reactive ketones (excluding diaryl/α,β-unsaturated/α-hetero) is 1. The zero-order valence-electron chi connectivity index (χ0n) is 78.6. The van der Waals surface area contributed by atoms with Crippen molar-refractivity contribution in [2.24, 2.45) is 47.2 Å². The second-order valence-electron chi connectivity index (χ2n) is 29.6. The Labute approximate surface area is 770 Å². The third kappa shape index (κ3) is 47.7. The van der Waals surface area contributed by atoms with Gasteiger partial charge in [-0.2, -0.15) is 0 Å². The Morgan fingerprint density at radius 2 is 0.687 bits per heavy atom. The van der Waals surface area contributed by atoms with Gasteiger partial charge >= 0.3 is 0 Å². The lowest BCUT2D eigenvalue weighted by atomic mass is 10.1. The molecule has 40 nitrogen and oxygen atoms in total. The summed E-state index contributed by atoms with van der Waals surface area (Å²) in [4.78, 5) is 48.3. The standard InChI is InChI=1S/C22H35N5O5.C21H34N8O3.C17H25N5O2.C17H23N5O.C14H20N6/c1-20(23-21-6-4-3-5-7-21)26(2)18-22-19-27(25-24-22)8-10-29-12-14-31-16-17-32-15-13-30-11-9-28;1-18(25-19-6-4-3-5-7-19)28(2)16-20-17-29(27-26-20)9-11-31-13-15-32-14-12-30-10-8-24-21(22)23;1-15(18-16-7-5-4-6-8-16)21(2)13-17-14-22(20-19-17)9-10-24-12-11-23-3;1-5-9-21(4)14(3)18-16-8-6-7-15(10-16)17-12-22(20-19-17)11-13(2)23;1-12(16-13-6-4-3-5-7-13)19(2)10-14-11-20(9-8-15)18-17-14/h3-7,19,28H,8-18H2,1-2H3;3-7,17H,8-16H2,1-2H3,(H4,22,23,24);4-8,14H,9-13H2,1-3H3;6-8,10,12H,5,9,11H2,1-4H3;3-7,11H,8-10,15H2,1-2H3. The highest BCUT2D eigenvalue weighted by atomic mass is 16.6. The van der Waals surface area contributed by atoms with Crippen LogP contribution in [0.1, 0.15) is 77.7 Å². The molecule has 712 valence electrons. The molecule has 0 radical (unpaired) electrons. The predicted octanol–water partition coefficient (Wildman–Crippen LogP) is 8.77. The van der Waals surface area contributed by atoms with Crippen LogP contribution in [0, 0.1) is 0 Å². The Morgan fingerprint density at radius 1 is 0.374 bits per heavy atom. The number of hydrogen-bond donors (Lipinski definition) is 4. The molecule has 0 aliphatic rings. The van der Waals surface area contributed by atoms with Crippen LogP contribution in [-0.4, -0.2) is 326 Å². The van der Waals surface area contributed by atoms with Crippen LogP contribution in [0.5, 0.6) is 0 Å². The van der Waals surface area contributed by atoms with E-state index < -0.39 is 0 Å². The van der Waals surface area contributed by atoms with Crippen LogP contribution in [0.15, 0.2) is 207 Å². The first-order chi connectivity index (χ1) is 63.6. The van der Waals surface area contributed by atoms with Gasteiger partial charge in [-0.25, -0.2) is 43.7 Å². The number of aromatic nitrogens is 15. The number of para-hydroxylation sites is 4. The van der Waals surface area contributed by atoms with Gasteiger partial charge in [0.2, 0.25) is 0 Å². The topological polar surface area (TPSA) is 442 Å². The van der Waals surface area contributed by atoms with Crippen LogP contribution in [-0.2, 0) is 106 Å². The molecule has 0 fully saturated rings. The number of rotatable bonds is 52. The summed E-state index contributed by atoms with van der Waals surface area (Å²) in [6.07, 6.45) is 10.6. The Hall–Kier alpha value is -12.4. The number of carbonyl (C=O) groups excluding carboxylic acids is 1. The Bertz CT molecular complexity index is 4870. The van der Waals surface area contributed by atoms with E-state index in [1.54, 1.807) is 36.7 Å². The Kier molecular flexibility index (Phi) is 53.5. The molecule has 0 atom stereocenters. The molecule has 0 aliphatic heterocycles. The third-order valence-electron chi connectivity index (χ3n) is 18.6. The van der Waals surface area contributed by atoms with Crippen molar-refractivity contribution < 1.29 is 52.5 Å². The van der Waals surface area contributed by atoms with Gasteiger partial charge in [0.1, 0.15) is 64.2 Å². The number of aliphatic hydroxyl groups is 1. The van der Waals surface area contributed by atoms with E-state index >= 15 is 0 Å². The highest BCUT2D eigenvalue weighted by Crippen LogP contribution is 2.24. The van der Waals surface area contributed by atoms with Crippen LogP contribution in [0.3, 0.4) is 0 Å². The summed E-state index contributed by atoms with van der Waals surface area (Å²) in [5.41, 5.74) is 25.8. The van der Waals surface area contributed by atoms with Gasteiger partial charge in [0.05, 0.1) is 237 Å². The minimum Gasteiger partial charge on any atom is -0.394 e. The van der Waals surface area contributed by atoms with Crippen LogP contribution >= 0.6 is 0 Å². The molecule has 0 aliphatic carbocycles. The lowest BCUT2D eigenvalue weighted by Gasteiger charge is -2.17. The van der Waals surface area contributed by atoms with Gasteiger partial charge in [-0.3, -0.25) is 14.5 Å². The summed E-state index contributed by atoms with van der Waals surface area (Å²) < 4.78 is 56.8. The SMILES string of the molecule is CC(=Nc1ccccc1)N(C)Cc1cn(CCN)nn1.CC(=Nc1ccccc1)N(C)Cc1cn(CCOCCOCCOCCN=C(N)N)nn1.CC(=Nc1ccccc1)N(C)Cc1cn(CCOCCOCCOCCOCCO)nn1.CCCN(C)C(C)=Nc1cccc(-c2cn(CC(C)=O)nn2)c1.COCCOCCn1cc(CN(C)C(C)=Nc2ccccc2)nn1. The van der Waals surface area contributed by atoms with Gasteiger partial charge in [-0.05, 0) is 109 Å². The molecule has 5 aromatic carbocycles. The van der Waals surface area contributed by atoms with Crippen molar-refractivity contribution in [1.82, 2.24) is 99.5 Å². The van der Waals surface area contributed by atoms with E-state index in [0.29, 0.717) is 178 Å². The number of carbonyl (C=O) groups is 1. The molecule has 5 aromatic heterocycles. The minimum atomic E-state index is 0.0305. The second-order valence-corrected chi connectivity index (χ2v) is 29.6. The van der Waals surface area contributed by atoms with Crippen molar-refractivity contribution >= 4 is 69.4 Å². The molecule has 10 aromatic rings. The number of benzene rings is 5. The van der Waals surface area contributed by atoms with Crippen molar-refractivity contribution in [3.8, 4) is 11.3 Å². The fraction of sp³-hybridized carbons (Fsp3) is 0.484. The van der Waals surface area contributed by atoms with Crippen molar-refractivity contribution in [3.63, 3.8) is 0 Å². The maximum Gasteiger partial charge on any atom is 0.185 e. The molecule has 0 bridgehead atoms. The highest BCUT2D eigenvalue weighted by molar-refractivity contribution is 5.85. The normalized spacial score (nSPS) is 11.6. The first kappa shape index (κ1) is 107. The Balaban J connectivity index is 0.000000255. The first-order valence-corrected chi connectivity index (χ1v) is 43.7. The fourth-order valence-corrected chi connectivity index (χ4v) is 11.3. The molecule has 0 amide bonds. The number of methoxy groups -OCH3 is 1. The van der Waals surface area contributed by atoms with Gasteiger partial charge in [0, 0.05) is 61.0 Å². The number of ether oxygens (including phenoxy) is 9. The quantitative estimate of drug-likeness (QED) is 0.0157. The maximum absolute atomic E-state index is 11.1. The average Bonchev–Trinajstić information content (AvgIpc) is 1.72. The number of nitrogens with zero attached hydrogens (tertiary/aromatic N) is 26. The molecule has 0 saturated carbocycles. The molecule has 0 unspecified atom stereocenters. The average molecular weight is 1810 g/mol. The van der Waals surface area contributed by atoms with Crippen LogP contribution in [0.2, 0.25) is 0 Å². The van der Waals surface area contributed by atoms with Crippen LogP contribution in [0.25, 0.3) is 11.3 Å². The summed E-state index contributed by atoms with van der Waals surface area (Å²) in [6, 6.07) is 47.4. The molecular weight excluding hydrogens is 1680 g/mol. The van der Waals surface area contributed by atoms with E-state index in [-0.39, 0.29) is 24.9 Å². The van der Waals surface area contributed by atoms with Gasteiger partial charge in [-0.15, -0.1) is 25.5 Å². The summed E-state index contributed by atoms with van der Waals surface area (Å²) >= 11 is 0. The number of guanidine groups is 1. The van der Waals surface area contributed by atoms with E-state index in [1.807, 2.05) is 255 Å². The number of ketones is 1. The molecule has 0 saturated heterocycles. The van der Waals surface area contributed by atoms with Crippen molar-refractivity contribution in [2.45, 2.75) is 114 Å². The molecule has 40 heteroatoms. The lowest BCUT2D eigenvalue weighted by Crippen LogP contribution is -2.24. The molecule has 5 heterocycles. The number of nitrogens with two attached hydrogens (primary N) is 3. The molecule has 0 spiro atoms. The number of hydrogen-bond acceptors (Lipinski definition) is 28. The zero-order valence-corrected chi connectivity index (χ0v) is 78.6. The largest absolute Gasteiger partial charge is 0.394 e. The number of amidine groups is 5. The zero-order chi connectivity index (χ0) is 94.3. The van der Waals surface area contributed by atoms with E-state index in [4.69, 9.17) is 64.9 Å². The van der Waals surface area contributed by atoms with Crippen LogP contribution in [0.4, 0.5) is 28.4 Å². The lowest BCUT2D eigenvalue weighted by molar-refractivity contribution is -0.117. The first-order valence-electron chi connectivity index (χ1n) is 43.7. The van der Waals surface area contributed by atoms with Crippen molar-refractivity contribution in [1.29, 1.82) is 0 Å². The summed E-state index contributed by atoms with van der Waals surface area (Å²) in [6.45, 7) is 29.8. The number of aliphatic imine (C=N–C) groups is 6. The van der Waals surface area contributed by atoms with E-state index in [1.165, 1.54) is 6.92 Å². The van der Waals surface area contributed by atoms with E-state index in [2.05, 4.69) is 98.2 Å². The summed E-state index contributed by atoms with van der Waals surface area (Å²) in [5, 5.41) is 49.9. The summed E-state index contributed by atoms with van der Waals surface area (Å²) in [5.74, 6) is 4.78. The van der Waals surface area contributed by atoms with Gasteiger partial charge in [0.25, 0.3) is 0 Å². The maximum atomic E-state index is 11.1. The highest BCUT2D eigenvalue weighted by Gasteiger charge is 2.14. The monoisotopic (exact) mass is 1810 g/mol. The van der Waals surface area contributed by atoms with Crippen molar-refractivity contribution in [2.75, 3.05) is 181 Å². The van der Waals surface area contributed by atoms with E-state index in [0.717, 1.165) is 105 Å². The Morgan fingerprint density at radius 3 is 1.02 bits per heavy atom. The van der Waals surface area contributed by atoms with Gasteiger partial charge < -0.3 is 89.4 Å². The van der Waals surface area contributed by atoms with Crippen molar-refractivity contribution in [3.05, 3.63) is 199 Å². The fourth-order valence-electron chi connectivity index (χ4n) is 11.3. The van der Waals surface area contributed by atoms with Gasteiger partial charge in [0.15, 0.2) is 11.7 Å². The van der Waals surface area contributed by atoms with E-state index in [9.17, 15) is 4.79 Å². The number of aliphatic hydroxyl groups excluding tert-OH is 1.